The summed E-state index contributed by atoms with van der Waals surface area (Å²) in [4.78, 5) is 45.2. The molecule has 3 atom stereocenters. The average molecular weight is 604 g/mol. The fourth-order valence-electron chi connectivity index (χ4n) is 5.06. The minimum atomic E-state index is -2.98. The van der Waals surface area contributed by atoms with Gasteiger partial charge in [0.05, 0.1) is 32.6 Å². The second-order valence-electron chi connectivity index (χ2n) is 11.8. The predicted molar refractivity (Wildman–Crippen MR) is 166 cm³/mol. The third-order valence-electron chi connectivity index (χ3n) is 8.04. The Morgan fingerprint density at radius 1 is 1.15 bits per heavy atom. The molecule has 0 radical (unpaired) electrons. The summed E-state index contributed by atoms with van der Waals surface area (Å²) in [5.41, 5.74) is 2.60. The molecule has 1 N–H and O–H groups in total. The zero-order valence-corrected chi connectivity index (χ0v) is 26.7. The molecule has 1 aliphatic rings. The maximum absolute atomic E-state index is 13.5. The molecule has 1 aromatic heterocycles. The molecule has 0 unspecified atom stereocenters. The van der Waals surface area contributed by atoms with Crippen LogP contribution in [0.15, 0.2) is 30.4 Å². The molecule has 0 aliphatic carbocycles. The minimum Gasteiger partial charge on any atom is -0.353 e. The number of fused-ring (bicyclic) bond motifs is 1. The number of aromatic nitrogens is 1. The SMILES string of the molecule is C=C(CN1CCS(=O)(=O)CC1)C(=O)CC[C@@H](NC(=O)[C@@H](CC(C)=O)Cc1nc2ccc(C(C)C)cc2s1)[C@@H](C)CC. The van der Waals surface area contributed by atoms with Crippen LogP contribution in [-0.4, -0.2) is 73.0 Å². The van der Waals surface area contributed by atoms with Gasteiger partial charge < -0.3 is 10.1 Å². The van der Waals surface area contributed by atoms with Crippen LogP contribution >= 0.6 is 11.3 Å². The summed E-state index contributed by atoms with van der Waals surface area (Å²) in [5, 5.41) is 4.00. The van der Waals surface area contributed by atoms with Crippen LogP contribution in [0.5, 0.6) is 0 Å². The van der Waals surface area contributed by atoms with Crippen LogP contribution in [0, 0.1) is 11.8 Å². The molecular formula is C31H45N3O5S2. The Labute approximate surface area is 248 Å². The van der Waals surface area contributed by atoms with Crippen LogP contribution in [0.2, 0.25) is 0 Å². The van der Waals surface area contributed by atoms with E-state index in [1.54, 1.807) is 11.3 Å². The molecule has 0 saturated carbocycles. The summed E-state index contributed by atoms with van der Waals surface area (Å²) >= 11 is 1.57. The molecule has 41 heavy (non-hydrogen) atoms. The summed E-state index contributed by atoms with van der Waals surface area (Å²) in [7, 11) is -2.98. The van der Waals surface area contributed by atoms with Crippen molar-refractivity contribution in [2.75, 3.05) is 31.1 Å². The van der Waals surface area contributed by atoms with Crippen molar-refractivity contribution in [2.45, 2.75) is 78.7 Å². The number of hydrogen-bond donors (Lipinski definition) is 1. The molecule has 1 aliphatic heterocycles. The first-order valence-corrected chi connectivity index (χ1v) is 17.2. The summed E-state index contributed by atoms with van der Waals surface area (Å²) in [6, 6.07) is 6.03. The summed E-state index contributed by atoms with van der Waals surface area (Å²) in [6.45, 7) is 15.0. The molecule has 3 rings (SSSR count). The lowest BCUT2D eigenvalue weighted by Crippen LogP contribution is -2.44. The van der Waals surface area contributed by atoms with Gasteiger partial charge in [0.2, 0.25) is 5.91 Å². The smallest absolute Gasteiger partial charge is 0.224 e. The molecule has 2 heterocycles. The first-order chi connectivity index (χ1) is 19.3. The normalized spacial score (nSPS) is 17.7. The van der Waals surface area contributed by atoms with Crippen LogP contribution in [0.4, 0.5) is 0 Å². The molecule has 8 nitrogen and oxygen atoms in total. The van der Waals surface area contributed by atoms with Gasteiger partial charge >= 0.3 is 0 Å². The Morgan fingerprint density at radius 2 is 1.83 bits per heavy atom. The molecule has 0 spiro atoms. The average Bonchev–Trinajstić information content (AvgIpc) is 3.32. The van der Waals surface area contributed by atoms with Crippen molar-refractivity contribution in [3.8, 4) is 0 Å². The standard InChI is InChI=1S/C31H45N3O5S2/c1-7-21(4)26(10-11-28(36)22(5)19-34-12-14-41(38,39)15-13-34)33-31(37)25(16-23(6)35)18-30-32-27-9-8-24(20(2)3)17-29(27)40-30/h8-9,17,20-21,25-26H,5,7,10-16,18-19H2,1-4,6H3,(H,33,37)/t21-,25-,26+/m0/s1. The highest BCUT2D eigenvalue weighted by atomic mass is 32.2. The second-order valence-corrected chi connectivity index (χ2v) is 15.2. The number of ketones is 2. The molecule has 10 heteroatoms. The van der Waals surface area contributed by atoms with Gasteiger partial charge in [0, 0.05) is 50.5 Å². The van der Waals surface area contributed by atoms with E-state index < -0.39 is 15.8 Å². The zero-order chi connectivity index (χ0) is 30.3. The summed E-state index contributed by atoms with van der Waals surface area (Å²) in [6.07, 6.45) is 2.06. The number of amides is 1. The highest BCUT2D eigenvalue weighted by molar-refractivity contribution is 7.91. The number of carbonyl (C=O) groups excluding carboxylic acids is 3. The molecule has 2 aromatic rings. The van der Waals surface area contributed by atoms with Crippen LogP contribution in [0.3, 0.4) is 0 Å². The van der Waals surface area contributed by atoms with Crippen LogP contribution < -0.4 is 5.32 Å². The number of Topliss-reactive ketones (excluding diaryl/α,β-unsaturated/α-hetero) is 2. The topological polar surface area (TPSA) is 114 Å². The van der Waals surface area contributed by atoms with Crippen molar-refractivity contribution in [1.82, 2.24) is 15.2 Å². The lowest BCUT2D eigenvalue weighted by atomic mass is 9.91. The van der Waals surface area contributed by atoms with Crippen LogP contribution in [0.25, 0.3) is 10.2 Å². The van der Waals surface area contributed by atoms with E-state index in [1.807, 2.05) is 11.0 Å². The number of thiazole rings is 1. The molecule has 1 amide bonds. The lowest BCUT2D eigenvalue weighted by molar-refractivity contribution is -0.129. The minimum absolute atomic E-state index is 0.0505. The highest BCUT2D eigenvalue weighted by Gasteiger charge is 2.28. The Hall–Kier alpha value is -2.43. The molecule has 1 saturated heterocycles. The van der Waals surface area contributed by atoms with Gasteiger partial charge in [-0.15, -0.1) is 11.3 Å². The van der Waals surface area contributed by atoms with E-state index in [0.717, 1.165) is 21.6 Å². The molecule has 0 bridgehead atoms. The number of benzene rings is 1. The maximum Gasteiger partial charge on any atom is 0.224 e. The molecule has 1 aromatic carbocycles. The van der Waals surface area contributed by atoms with Crippen molar-refractivity contribution >= 4 is 48.9 Å². The number of nitrogens with one attached hydrogen (secondary N) is 1. The van der Waals surface area contributed by atoms with Gasteiger partial charge in [0.1, 0.15) is 5.78 Å². The monoisotopic (exact) mass is 603 g/mol. The van der Waals surface area contributed by atoms with Crippen LogP contribution in [-0.2, 0) is 30.6 Å². The van der Waals surface area contributed by atoms with Gasteiger partial charge in [-0.3, -0.25) is 14.5 Å². The third kappa shape index (κ3) is 9.82. The number of nitrogens with zero attached hydrogens (tertiary/aromatic N) is 2. The Kier molecular flexibility index (Phi) is 11.8. The Balaban J connectivity index is 1.63. The largest absolute Gasteiger partial charge is 0.353 e. The zero-order valence-electron chi connectivity index (χ0n) is 25.1. The third-order valence-corrected chi connectivity index (χ3v) is 10.7. The predicted octanol–water partition coefficient (Wildman–Crippen LogP) is 4.72. The van der Waals surface area contributed by atoms with E-state index in [2.05, 4.69) is 51.7 Å². The van der Waals surface area contributed by atoms with Gasteiger partial charge in [0.15, 0.2) is 15.6 Å². The molecule has 1 fully saturated rings. The van der Waals surface area contributed by atoms with Crippen molar-refractivity contribution in [1.29, 1.82) is 0 Å². The van der Waals surface area contributed by atoms with Crippen molar-refractivity contribution in [2.24, 2.45) is 11.8 Å². The van der Waals surface area contributed by atoms with Crippen molar-refractivity contribution in [3.05, 3.63) is 40.9 Å². The number of sulfone groups is 1. The van der Waals surface area contributed by atoms with E-state index in [4.69, 9.17) is 4.98 Å². The van der Waals surface area contributed by atoms with Gasteiger partial charge in [-0.25, -0.2) is 13.4 Å². The first kappa shape index (κ1) is 33.1. The van der Waals surface area contributed by atoms with Gasteiger partial charge in [-0.05, 0) is 42.9 Å². The quantitative estimate of drug-likeness (QED) is 0.293. The molecular weight excluding hydrogens is 558 g/mol. The maximum atomic E-state index is 13.5. The highest BCUT2D eigenvalue weighted by Crippen LogP contribution is 2.28. The van der Waals surface area contributed by atoms with E-state index in [0.29, 0.717) is 44.0 Å². The fraction of sp³-hybridized carbons (Fsp3) is 0.613. The first-order valence-electron chi connectivity index (χ1n) is 14.6. The van der Waals surface area contributed by atoms with E-state index >= 15 is 0 Å². The Morgan fingerprint density at radius 3 is 2.44 bits per heavy atom. The van der Waals surface area contributed by atoms with E-state index in [1.165, 1.54) is 12.5 Å². The second kappa shape index (κ2) is 14.6. The van der Waals surface area contributed by atoms with Crippen molar-refractivity contribution < 1.29 is 22.8 Å². The molecule has 226 valence electrons. The van der Waals surface area contributed by atoms with Gasteiger partial charge in [0.25, 0.3) is 0 Å². The fourth-order valence-corrected chi connectivity index (χ4v) is 7.44. The Bertz CT molecular complexity index is 1350. The van der Waals surface area contributed by atoms with Crippen LogP contribution in [0.1, 0.15) is 76.8 Å². The van der Waals surface area contributed by atoms with E-state index in [-0.39, 0.29) is 53.8 Å². The van der Waals surface area contributed by atoms with Gasteiger partial charge in [-0.2, -0.15) is 0 Å². The van der Waals surface area contributed by atoms with E-state index in [9.17, 15) is 22.8 Å². The lowest BCUT2D eigenvalue weighted by Gasteiger charge is -2.28. The summed E-state index contributed by atoms with van der Waals surface area (Å²) in [5.74, 6) is -0.0867. The van der Waals surface area contributed by atoms with Gasteiger partial charge in [-0.1, -0.05) is 46.8 Å². The number of carbonyl (C=O) groups is 3. The number of hydrogen-bond acceptors (Lipinski definition) is 8. The number of rotatable bonds is 15. The summed E-state index contributed by atoms with van der Waals surface area (Å²) < 4.78 is 24.5. The van der Waals surface area contributed by atoms with Crippen molar-refractivity contribution in [3.63, 3.8) is 0 Å².